The number of carbonyl (C=O) groups is 1. The molecular formula is C41H58ClN5O5S2. The molecule has 5 aliphatic rings. The summed E-state index contributed by atoms with van der Waals surface area (Å²) in [6.45, 7) is 12.7. The van der Waals surface area contributed by atoms with E-state index in [0.29, 0.717) is 36.3 Å². The zero-order valence-corrected chi connectivity index (χ0v) is 34.7. The van der Waals surface area contributed by atoms with Crippen molar-refractivity contribution in [2.75, 3.05) is 77.2 Å². The first-order chi connectivity index (χ1) is 26.0. The standard InChI is InChI=1S/C41H58ClN5O5S2/c1-29-8-7-16-41(51-3,28-44-18-19-45-20-21-47(53-4)26-36(45)25-44)37-14-11-33(37)24-46-17-6-5-9-31-22-35(42)13-10-34(31)27-52-39-15-12-32(23-38(39)46)40(48)43-54(49,50)30(29)2/h7,10,12-13,15-16,22-23,29-30,33,36-37H,5-6,8-9,11,14,17-21,24-28H2,1-4H3,(H,43,48)/b16-7+/t29-,30+,33-,36-,37+,41+/m0/s1. The maximum absolute atomic E-state index is 13.7. The molecule has 0 aromatic heterocycles. The molecule has 2 aromatic carbocycles. The molecule has 54 heavy (non-hydrogen) atoms. The Morgan fingerprint density at radius 1 is 1.00 bits per heavy atom. The van der Waals surface area contributed by atoms with Gasteiger partial charge in [0.1, 0.15) is 18.0 Å². The number of halogens is 1. The van der Waals surface area contributed by atoms with Crippen molar-refractivity contribution in [3.63, 3.8) is 0 Å². The maximum atomic E-state index is 13.7. The van der Waals surface area contributed by atoms with Crippen molar-refractivity contribution in [1.82, 2.24) is 18.8 Å². The summed E-state index contributed by atoms with van der Waals surface area (Å²) < 4.78 is 45.5. The van der Waals surface area contributed by atoms with E-state index in [1.54, 1.807) is 13.0 Å². The molecule has 0 unspecified atom stereocenters. The van der Waals surface area contributed by atoms with Gasteiger partial charge in [-0.05, 0) is 111 Å². The van der Waals surface area contributed by atoms with Crippen LogP contribution in [0.3, 0.4) is 0 Å². The zero-order valence-electron chi connectivity index (χ0n) is 32.3. The van der Waals surface area contributed by atoms with Crippen molar-refractivity contribution in [1.29, 1.82) is 0 Å². The number of ether oxygens (including phenoxy) is 2. The van der Waals surface area contributed by atoms with E-state index in [1.165, 1.54) is 5.56 Å². The summed E-state index contributed by atoms with van der Waals surface area (Å²) in [5.41, 5.74) is 2.89. The third-order valence-electron chi connectivity index (χ3n) is 13.0. The topological polar surface area (TPSA) is 94.7 Å². The Morgan fingerprint density at radius 3 is 2.61 bits per heavy atom. The molecule has 1 amide bonds. The number of piperazine rings is 2. The number of allylic oxidation sites excluding steroid dienone is 1. The van der Waals surface area contributed by atoms with Crippen molar-refractivity contribution in [2.24, 2.45) is 17.8 Å². The van der Waals surface area contributed by atoms with E-state index in [0.717, 1.165) is 107 Å². The van der Waals surface area contributed by atoms with Gasteiger partial charge in [-0.25, -0.2) is 17.4 Å². The number of benzene rings is 2. The number of anilines is 1. The molecule has 2 aromatic rings. The van der Waals surface area contributed by atoms with Crippen LogP contribution in [0.4, 0.5) is 5.69 Å². The molecule has 1 saturated carbocycles. The van der Waals surface area contributed by atoms with Crippen LogP contribution < -0.4 is 14.4 Å². The van der Waals surface area contributed by atoms with E-state index in [9.17, 15) is 13.2 Å². The van der Waals surface area contributed by atoms with Gasteiger partial charge < -0.3 is 14.4 Å². The predicted molar refractivity (Wildman–Crippen MR) is 219 cm³/mol. The molecule has 10 nitrogen and oxygen atoms in total. The van der Waals surface area contributed by atoms with Gasteiger partial charge in [0.25, 0.3) is 5.91 Å². The first-order valence-electron chi connectivity index (χ1n) is 19.8. The molecule has 0 radical (unpaired) electrons. The number of nitrogens with one attached hydrogen (secondary N) is 1. The number of sulfonamides is 1. The molecule has 4 aliphatic heterocycles. The Kier molecular flexibility index (Phi) is 12.6. The number of rotatable bonds is 4. The first-order valence-corrected chi connectivity index (χ1v) is 22.9. The van der Waals surface area contributed by atoms with Crippen LogP contribution in [0.25, 0.3) is 0 Å². The average molecular weight is 801 g/mol. The number of aryl methyl sites for hydroxylation is 1. The Morgan fingerprint density at radius 2 is 1.83 bits per heavy atom. The third kappa shape index (κ3) is 8.65. The van der Waals surface area contributed by atoms with Crippen LogP contribution >= 0.6 is 23.5 Å². The molecule has 13 heteroatoms. The predicted octanol–water partition coefficient (Wildman–Crippen LogP) is 6.10. The van der Waals surface area contributed by atoms with Crippen molar-refractivity contribution >= 4 is 45.2 Å². The van der Waals surface area contributed by atoms with Gasteiger partial charge >= 0.3 is 0 Å². The Hall–Kier alpha value is -2.32. The van der Waals surface area contributed by atoms with Gasteiger partial charge in [0.15, 0.2) is 0 Å². The molecule has 0 spiro atoms. The van der Waals surface area contributed by atoms with E-state index in [1.807, 2.05) is 56.3 Å². The number of methoxy groups -OCH3 is 1. The smallest absolute Gasteiger partial charge is 0.264 e. The summed E-state index contributed by atoms with van der Waals surface area (Å²) >= 11 is 8.26. The van der Waals surface area contributed by atoms with Crippen LogP contribution in [-0.4, -0.2) is 118 Å². The fraction of sp³-hybridized carbons (Fsp3) is 0.634. The van der Waals surface area contributed by atoms with Crippen LogP contribution in [0.15, 0.2) is 48.6 Å². The van der Waals surface area contributed by atoms with Crippen LogP contribution in [0.5, 0.6) is 5.75 Å². The van der Waals surface area contributed by atoms with Crippen molar-refractivity contribution in [2.45, 2.75) is 75.9 Å². The summed E-state index contributed by atoms with van der Waals surface area (Å²) in [6, 6.07) is 11.8. The highest BCUT2D eigenvalue weighted by Gasteiger charge is 2.49. The van der Waals surface area contributed by atoms with Gasteiger partial charge in [-0.15, -0.1) is 0 Å². The van der Waals surface area contributed by atoms with Crippen LogP contribution in [0.2, 0.25) is 5.02 Å². The minimum Gasteiger partial charge on any atom is -0.487 e. The molecule has 296 valence electrons. The van der Waals surface area contributed by atoms with E-state index in [2.05, 4.69) is 42.1 Å². The normalized spacial score (nSPS) is 32.1. The zero-order chi connectivity index (χ0) is 38.0. The Balaban J connectivity index is 1.24. The first kappa shape index (κ1) is 39.9. The highest BCUT2D eigenvalue weighted by Crippen LogP contribution is 2.47. The molecular weight excluding hydrogens is 742 g/mol. The van der Waals surface area contributed by atoms with Crippen molar-refractivity contribution in [3.05, 3.63) is 70.3 Å². The number of nitrogens with zero attached hydrogens (tertiary/aromatic N) is 4. The summed E-state index contributed by atoms with van der Waals surface area (Å²) in [5.74, 6) is 0.471. The average Bonchev–Trinajstić information content (AvgIpc) is 3.18. The summed E-state index contributed by atoms with van der Waals surface area (Å²) in [5, 5.41) is -0.0573. The second-order valence-electron chi connectivity index (χ2n) is 16.2. The second kappa shape index (κ2) is 17.0. The minimum atomic E-state index is -3.96. The van der Waals surface area contributed by atoms with E-state index in [-0.39, 0.29) is 11.8 Å². The lowest BCUT2D eigenvalue weighted by atomic mass is 9.63. The fourth-order valence-electron chi connectivity index (χ4n) is 9.28. The summed E-state index contributed by atoms with van der Waals surface area (Å²) in [6.07, 6.45) is 12.1. The Bertz CT molecular complexity index is 1800. The van der Waals surface area contributed by atoms with Crippen molar-refractivity contribution in [3.8, 4) is 5.75 Å². The molecule has 2 saturated heterocycles. The highest BCUT2D eigenvalue weighted by atomic mass is 35.5. The number of hydrogen-bond acceptors (Lipinski definition) is 10. The number of carbonyl (C=O) groups excluding carboxylic acids is 1. The van der Waals surface area contributed by atoms with Crippen molar-refractivity contribution < 1.29 is 22.7 Å². The van der Waals surface area contributed by atoms with Gasteiger partial charge in [-0.1, -0.05) is 48.7 Å². The monoisotopic (exact) mass is 799 g/mol. The lowest BCUT2D eigenvalue weighted by molar-refractivity contribution is -0.100. The minimum absolute atomic E-state index is 0.219. The maximum Gasteiger partial charge on any atom is 0.264 e. The lowest BCUT2D eigenvalue weighted by Gasteiger charge is -2.53. The SMILES string of the molecule is CO[C@@]1(CN2CCN3CCN(SC)C[C@@H]3C2)/C=C/C[C@H](C)[C@@H](C)S(=O)(=O)NC(=O)c2ccc3c(c2)N(CCCCc2cc(Cl)ccc2CO3)C[C@@H]2CC[C@H]21. The molecule has 4 heterocycles. The van der Waals surface area contributed by atoms with Gasteiger partial charge in [0.2, 0.25) is 10.0 Å². The molecule has 7 rings (SSSR count). The highest BCUT2D eigenvalue weighted by molar-refractivity contribution is 7.96. The van der Waals surface area contributed by atoms with E-state index >= 15 is 0 Å². The molecule has 1 N–H and O–H groups in total. The second-order valence-corrected chi connectivity index (χ2v) is 19.5. The number of amides is 1. The van der Waals surface area contributed by atoms with Crippen LogP contribution in [0, 0.1) is 17.8 Å². The molecule has 1 aliphatic carbocycles. The summed E-state index contributed by atoms with van der Waals surface area (Å²) in [4.78, 5) is 21.3. The quantitative estimate of drug-likeness (QED) is 0.289. The Labute approximate surface area is 332 Å². The number of hydrogen-bond donors (Lipinski definition) is 1. The van der Waals surface area contributed by atoms with Gasteiger partial charge in [0, 0.05) is 82.6 Å². The lowest BCUT2D eigenvalue weighted by Crippen LogP contribution is -2.64. The van der Waals surface area contributed by atoms with Gasteiger partial charge in [-0.2, -0.15) is 0 Å². The number of fused-ring (bicyclic) bond motifs is 4. The molecule has 3 fully saturated rings. The van der Waals surface area contributed by atoms with Gasteiger partial charge in [0.05, 0.1) is 10.9 Å². The molecule has 2 bridgehead atoms. The van der Waals surface area contributed by atoms with Gasteiger partial charge in [-0.3, -0.25) is 14.6 Å². The largest absolute Gasteiger partial charge is 0.487 e. The third-order valence-corrected chi connectivity index (χ3v) is 16.0. The summed E-state index contributed by atoms with van der Waals surface area (Å²) in [7, 11) is -2.09. The van der Waals surface area contributed by atoms with Crippen LogP contribution in [0.1, 0.15) is 67.4 Å². The van der Waals surface area contributed by atoms with Crippen LogP contribution in [-0.2, 0) is 27.8 Å². The van der Waals surface area contributed by atoms with E-state index in [4.69, 9.17) is 21.1 Å². The van der Waals surface area contributed by atoms with E-state index < -0.39 is 26.8 Å². The molecule has 6 atom stereocenters. The fourth-order valence-corrected chi connectivity index (χ4v) is 11.3.